The minimum Gasteiger partial charge on any atom is -0.383 e. The maximum Gasteiger partial charge on any atom is 0.202 e. The largest absolute Gasteiger partial charge is 0.383 e. The summed E-state index contributed by atoms with van der Waals surface area (Å²) in [4.78, 5) is 12.3. The van der Waals surface area contributed by atoms with Gasteiger partial charge in [0.1, 0.15) is 5.69 Å². The molecule has 0 aromatic carbocycles. The Morgan fingerprint density at radius 3 is 2.94 bits per heavy atom. The fourth-order valence-corrected chi connectivity index (χ4v) is 2.18. The van der Waals surface area contributed by atoms with Crippen molar-refractivity contribution in [2.75, 3.05) is 13.7 Å². The number of aromatic nitrogens is 2. The number of halogens is 1. The molecule has 6 heteroatoms. The summed E-state index contributed by atoms with van der Waals surface area (Å²) in [5.41, 5.74) is 5.69. The van der Waals surface area contributed by atoms with Gasteiger partial charge in [-0.15, -0.1) is 0 Å². The lowest BCUT2D eigenvalue weighted by Gasteiger charge is -2.36. The highest BCUT2D eigenvalue weighted by atomic mass is 35.5. The molecule has 1 aliphatic rings. The Kier molecular flexibility index (Phi) is 3.51. The van der Waals surface area contributed by atoms with Gasteiger partial charge < -0.3 is 10.5 Å². The van der Waals surface area contributed by atoms with E-state index in [4.69, 9.17) is 22.1 Å². The van der Waals surface area contributed by atoms with Crippen molar-refractivity contribution in [2.24, 2.45) is 5.73 Å². The molecule has 1 aliphatic carbocycles. The van der Waals surface area contributed by atoms with E-state index in [0.717, 1.165) is 19.3 Å². The zero-order chi connectivity index (χ0) is 12.5. The van der Waals surface area contributed by atoms with Crippen molar-refractivity contribution in [3.8, 4) is 0 Å². The number of hydrogen-bond donors (Lipinski definition) is 1. The first-order valence-electron chi connectivity index (χ1n) is 5.62. The van der Waals surface area contributed by atoms with E-state index in [9.17, 15) is 4.79 Å². The van der Waals surface area contributed by atoms with Crippen LogP contribution < -0.4 is 5.73 Å². The summed E-state index contributed by atoms with van der Waals surface area (Å²) in [6, 6.07) is 0. The van der Waals surface area contributed by atoms with Crippen LogP contribution >= 0.6 is 11.6 Å². The van der Waals surface area contributed by atoms with Crippen LogP contribution in [0.1, 0.15) is 29.8 Å². The third-order valence-electron chi connectivity index (χ3n) is 3.22. The van der Waals surface area contributed by atoms with Gasteiger partial charge >= 0.3 is 0 Å². The van der Waals surface area contributed by atoms with Crippen LogP contribution in [0.4, 0.5) is 0 Å². The van der Waals surface area contributed by atoms with Gasteiger partial charge in [0.2, 0.25) is 5.78 Å². The lowest BCUT2D eigenvalue weighted by atomic mass is 9.73. The molecule has 94 valence electrons. The van der Waals surface area contributed by atoms with Gasteiger partial charge in [-0.2, -0.15) is 5.10 Å². The standard InChI is InChI=1S/C11H16ClN3O2/c1-17-6-5-15-9(8(12)7-14-15)10(16)11(13)3-2-4-11/h7H,2-6,13H2,1H3. The van der Waals surface area contributed by atoms with Gasteiger partial charge in [-0.3, -0.25) is 9.48 Å². The summed E-state index contributed by atoms with van der Waals surface area (Å²) in [7, 11) is 1.60. The van der Waals surface area contributed by atoms with E-state index >= 15 is 0 Å². The van der Waals surface area contributed by atoms with Crippen LogP contribution in [0.15, 0.2) is 6.20 Å². The quantitative estimate of drug-likeness (QED) is 0.806. The van der Waals surface area contributed by atoms with Crippen LogP contribution in [0.3, 0.4) is 0 Å². The van der Waals surface area contributed by atoms with Crippen molar-refractivity contribution in [3.63, 3.8) is 0 Å². The lowest BCUT2D eigenvalue weighted by Crippen LogP contribution is -2.54. The molecule has 0 amide bonds. The molecule has 0 spiro atoms. The molecule has 1 saturated carbocycles. The Morgan fingerprint density at radius 2 is 2.41 bits per heavy atom. The van der Waals surface area contributed by atoms with Crippen molar-refractivity contribution in [3.05, 3.63) is 16.9 Å². The number of ketones is 1. The first kappa shape index (κ1) is 12.5. The average molecular weight is 258 g/mol. The number of Topliss-reactive ketones (excluding diaryl/α,β-unsaturated/α-hetero) is 1. The molecule has 17 heavy (non-hydrogen) atoms. The molecule has 1 heterocycles. The number of carbonyl (C=O) groups is 1. The molecule has 0 bridgehead atoms. The minimum absolute atomic E-state index is 0.109. The molecule has 1 fully saturated rings. The molecule has 0 atom stereocenters. The second-order valence-corrected chi connectivity index (χ2v) is 4.80. The fourth-order valence-electron chi connectivity index (χ4n) is 1.96. The van der Waals surface area contributed by atoms with E-state index < -0.39 is 5.54 Å². The molecule has 2 N–H and O–H groups in total. The van der Waals surface area contributed by atoms with E-state index in [2.05, 4.69) is 5.10 Å². The maximum absolute atomic E-state index is 12.3. The van der Waals surface area contributed by atoms with Gasteiger partial charge in [-0.25, -0.2) is 0 Å². The molecule has 5 nitrogen and oxygen atoms in total. The Morgan fingerprint density at radius 1 is 1.71 bits per heavy atom. The number of rotatable bonds is 5. The topological polar surface area (TPSA) is 70.1 Å². The summed E-state index contributed by atoms with van der Waals surface area (Å²) >= 11 is 6.01. The van der Waals surface area contributed by atoms with Crippen LogP contribution in [0, 0.1) is 0 Å². The Balaban J connectivity index is 2.24. The molecular formula is C11H16ClN3O2. The van der Waals surface area contributed by atoms with Crippen LogP contribution in [0.25, 0.3) is 0 Å². The van der Waals surface area contributed by atoms with E-state index in [0.29, 0.717) is 23.9 Å². The predicted octanol–water partition coefficient (Wildman–Crippen LogP) is 1.25. The fraction of sp³-hybridized carbons (Fsp3) is 0.636. The monoisotopic (exact) mass is 257 g/mol. The second-order valence-electron chi connectivity index (χ2n) is 4.40. The third-order valence-corrected chi connectivity index (χ3v) is 3.49. The van der Waals surface area contributed by atoms with Gasteiger partial charge in [-0.1, -0.05) is 11.6 Å². The highest BCUT2D eigenvalue weighted by Crippen LogP contribution is 2.34. The van der Waals surface area contributed by atoms with Crippen molar-refractivity contribution in [1.82, 2.24) is 9.78 Å². The second kappa shape index (κ2) is 4.76. The lowest BCUT2D eigenvalue weighted by molar-refractivity contribution is 0.0786. The van der Waals surface area contributed by atoms with Gasteiger partial charge in [0, 0.05) is 7.11 Å². The van der Waals surface area contributed by atoms with Gasteiger partial charge in [0.15, 0.2) is 0 Å². The first-order chi connectivity index (χ1) is 8.08. The molecule has 1 aromatic heterocycles. The summed E-state index contributed by atoms with van der Waals surface area (Å²) in [5, 5.41) is 4.44. The Labute approximate surface area is 105 Å². The van der Waals surface area contributed by atoms with Crippen LogP contribution in [-0.4, -0.2) is 34.8 Å². The van der Waals surface area contributed by atoms with Crippen LogP contribution in [0.2, 0.25) is 5.02 Å². The Hall–Kier alpha value is -0.910. The van der Waals surface area contributed by atoms with Crippen LogP contribution in [-0.2, 0) is 11.3 Å². The SMILES string of the molecule is COCCn1ncc(Cl)c1C(=O)C1(N)CCC1. The number of carbonyl (C=O) groups excluding carboxylic acids is 1. The molecule has 2 rings (SSSR count). The molecular weight excluding hydrogens is 242 g/mol. The highest BCUT2D eigenvalue weighted by molar-refractivity contribution is 6.34. The third kappa shape index (κ3) is 2.22. The average Bonchev–Trinajstić information content (AvgIpc) is 2.63. The minimum atomic E-state index is -0.742. The summed E-state index contributed by atoms with van der Waals surface area (Å²) in [5.74, 6) is -0.109. The Bertz CT molecular complexity index is 426. The van der Waals surface area contributed by atoms with Gasteiger partial charge in [0.25, 0.3) is 0 Å². The van der Waals surface area contributed by atoms with Crippen LogP contribution in [0.5, 0.6) is 0 Å². The predicted molar refractivity (Wildman–Crippen MR) is 64.2 cm³/mol. The van der Waals surface area contributed by atoms with Crippen molar-refractivity contribution >= 4 is 17.4 Å². The summed E-state index contributed by atoms with van der Waals surface area (Å²) in [6.07, 6.45) is 3.91. The van der Waals surface area contributed by atoms with Gasteiger partial charge in [-0.05, 0) is 19.3 Å². The van der Waals surface area contributed by atoms with Gasteiger partial charge in [0.05, 0.1) is 29.9 Å². The van der Waals surface area contributed by atoms with Crippen molar-refractivity contribution in [1.29, 1.82) is 0 Å². The van der Waals surface area contributed by atoms with E-state index in [-0.39, 0.29) is 5.78 Å². The zero-order valence-corrected chi connectivity index (χ0v) is 10.5. The maximum atomic E-state index is 12.3. The normalized spacial score (nSPS) is 17.8. The summed E-state index contributed by atoms with van der Waals surface area (Å²) < 4.78 is 6.54. The molecule has 1 aromatic rings. The highest BCUT2D eigenvalue weighted by Gasteiger charge is 2.42. The van der Waals surface area contributed by atoms with E-state index in [1.807, 2.05) is 0 Å². The first-order valence-corrected chi connectivity index (χ1v) is 6.00. The molecule has 0 aliphatic heterocycles. The molecule has 0 saturated heterocycles. The number of hydrogen-bond acceptors (Lipinski definition) is 4. The zero-order valence-electron chi connectivity index (χ0n) is 9.78. The summed E-state index contributed by atoms with van der Waals surface area (Å²) in [6.45, 7) is 0.982. The van der Waals surface area contributed by atoms with Crippen molar-refractivity contribution < 1.29 is 9.53 Å². The number of nitrogens with zero attached hydrogens (tertiary/aromatic N) is 2. The number of nitrogens with two attached hydrogens (primary N) is 1. The smallest absolute Gasteiger partial charge is 0.202 e. The molecule has 0 unspecified atom stereocenters. The molecule has 0 radical (unpaired) electrons. The number of methoxy groups -OCH3 is 1. The van der Waals surface area contributed by atoms with E-state index in [1.54, 1.807) is 11.8 Å². The van der Waals surface area contributed by atoms with Crippen molar-refractivity contribution in [2.45, 2.75) is 31.3 Å². The number of ether oxygens (including phenoxy) is 1. The van der Waals surface area contributed by atoms with E-state index in [1.165, 1.54) is 6.20 Å².